The average molecular weight is 159 g/mol. The van der Waals surface area contributed by atoms with Gasteiger partial charge < -0.3 is 0 Å². The van der Waals surface area contributed by atoms with Crippen LogP contribution in [0.25, 0.3) is 0 Å². The first-order valence-corrected chi connectivity index (χ1v) is 4.17. The molecule has 1 atom stereocenters. The molecule has 1 aromatic carbocycles. The molecule has 1 aromatic rings. The Kier molecular flexibility index (Phi) is 2.88. The van der Waals surface area contributed by atoms with Crippen molar-refractivity contribution in [1.82, 2.24) is 0 Å². The Morgan fingerprint density at radius 1 is 1.33 bits per heavy atom. The van der Waals surface area contributed by atoms with Crippen LogP contribution in [-0.4, -0.2) is 0 Å². The standard InChI is InChI=1S/C11H13N/c1-9-3-5-11(6-4-9)10(2)7-8-12/h3-6,10H,7H2,1-2H3/t10-/m1/s1. The van der Waals surface area contributed by atoms with E-state index in [1.54, 1.807) is 0 Å². The molecule has 0 aliphatic rings. The maximum atomic E-state index is 8.50. The fourth-order valence-corrected chi connectivity index (χ4v) is 1.15. The second-order valence-electron chi connectivity index (χ2n) is 3.17. The molecule has 1 rings (SSSR count). The third-order valence-electron chi connectivity index (χ3n) is 2.04. The first kappa shape index (κ1) is 8.80. The van der Waals surface area contributed by atoms with Crippen LogP contribution >= 0.6 is 0 Å². The smallest absolute Gasteiger partial charge is 0.0628 e. The summed E-state index contributed by atoms with van der Waals surface area (Å²) in [7, 11) is 0. The summed E-state index contributed by atoms with van der Waals surface area (Å²) in [4.78, 5) is 0. The lowest BCUT2D eigenvalue weighted by atomic mass is 9.98. The summed E-state index contributed by atoms with van der Waals surface area (Å²) in [6.45, 7) is 4.15. The van der Waals surface area contributed by atoms with Gasteiger partial charge in [-0.15, -0.1) is 0 Å². The van der Waals surface area contributed by atoms with Gasteiger partial charge in [-0.25, -0.2) is 0 Å². The van der Waals surface area contributed by atoms with Crippen LogP contribution in [0.2, 0.25) is 0 Å². The van der Waals surface area contributed by atoms with Crippen LogP contribution in [0.4, 0.5) is 0 Å². The van der Waals surface area contributed by atoms with Gasteiger partial charge in [0.2, 0.25) is 0 Å². The molecule has 0 unspecified atom stereocenters. The van der Waals surface area contributed by atoms with Crippen molar-refractivity contribution in [3.63, 3.8) is 0 Å². The quantitative estimate of drug-likeness (QED) is 0.650. The fraction of sp³-hybridized carbons (Fsp3) is 0.364. The largest absolute Gasteiger partial charge is 0.198 e. The number of hydrogen-bond donors (Lipinski definition) is 0. The highest BCUT2D eigenvalue weighted by Crippen LogP contribution is 2.18. The zero-order valence-corrected chi connectivity index (χ0v) is 7.54. The molecule has 0 radical (unpaired) electrons. The fourth-order valence-electron chi connectivity index (χ4n) is 1.15. The third-order valence-corrected chi connectivity index (χ3v) is 2.04. The van der Waals surface area contributed by atoms with Crippen molar-refractivity contribution in [3.05, 3.63) is 35.4 Å². The molecule has 0 aromatic heterocycles. The predicted molar refractivity (Wildman–Crippen MR) is 49.8 cm³/mol. The molecular weight excluding hydrogens is 146 g/mol. The van der Waals surface area contributed by atoms with Crippen molar-refractivity contribution >= 4 is 0 Å². The van der Waals surface area contributed by atoms with Gasteiger partial charge in [-0.2, -0.15) is 5.26 Å². The Morgan fingerprint density at radius 2 is 1.92 bits per heavy atom. The van der Waals surface area contributed by atoms with Gasteiger partial charge in [0.15, 0.2) is 0 Å². The van der Waals surface area contributed by atoms with E-state index in [-0.39, 0.29) is 0 Å². The maximum Gasteiger partial charge on any atom is 0.0628 e. The summed E-state index contributed by atoms with van der Waals surface area (Å²) in [6.07, 6.45) is 0.600. The van der Waals surface area contributed by atoms with Crippen molar-refractivity contribution < 1.29 is 0 Å². The molecule has 0 saturated heterocycles. The van der Waals surface area contributed by atoms with Crippen LogP contribution < -0.4 is 0 Å². The lowest BCUT2D eigenvalue weighted by Crippen LogP contribution is -1.91. The van der Waals surface area contributed by atoms with E-state index in [1.165, 1.54) is 11.1 Å². The lowest BCUT2D eigenvalue weighted by molar-refractivity contribution is 0.788. The average Bonchev–Trinajstić information content (AvgIpc) is 2.06. The SMILES string of the molecule is Cc1ccc([C@H](C)CC#N)cc1. The lowest BCUT2D eigenvalue weighted by Gasteiger charge is -2.06. The Labute approximate surface area is 73.6 Å². The summed E-state index contributed by atoms with van der Waals surface area (Å²) in [6, 6.07) is 10.5. The minimum atomic E-state index is 0.357. The number of hydrogen-bond acceptors (Lipinski definition) is 1. The van der Waals surface area contributed by atoms with Gasteiger partial charge in [0.1, 0.15) is 0 Å². The van der Waals surface area contributed by atoms with Crippen LogP contribution in [-0.2, 0) is 0 Å². The first-order chi connectivity index (χ1) is 5.74. The summed E-state index contributed by atoms with van der Waals surface area (Å²) < 4.78 is 0. The van der Waals surface area contributed by atoms with E-state index in [0.717, 1.165) is 0 Å². The van der Waals surface area contributed by atoms with Gasteiger partial charge in [0.25, 0.3) is 0 Å². The summed E-state index contributed by atoms with van der Waals surface area (Å²) >= 11 is 0. The number of nitriles is 1. The van der Waals surface area contributed by atoms with Crippen LogP contribution in [0.15, 0.2) is 24.3 Å². The van der Waals surface area contributed by atoms with E-state index in [2.05, 4.69) is 44.2 Å². The van der Waals surface area contributed by atoms with Crippen LogP contribution in [0.5, 0.6) is 0 Å². The number of nitrogens with zero attached hydrogens (tertiary/aromatic N) is 1. The van der Waals surface area contributed by atoms with Crippen LogP contribution in [0.1, 0.15) is 30.4 Å². The van der Waals surface area contributed by atoms with Gasteiger partial charge in [0, 0.05) is 6.42 Å². The maximum absolute atomic E-state index is 8.50. The second-order valence-corrected chi connectivity index (χ2v) is 3.17. The van der Waals surface area contributed by atoms with E-state index in [9.17, 15) is 0 Å². The Hall–Kier alpha value is -1.29. The molecule has 0 heterocycles. The highest BCUT2D eigenvalue weighted by Gasteiger charge is 2.02. The van der Waals surface area contributed by atoms with E-state index in [4.69, 9.17) is 5.26 Å². The van der Waals surface area contributed by atoms with Crippen molar-refractivity contribution in [2.45, 2.75) is 26.2 Å². The molecule has 0 aliphatic carbocycles. The molecule has 0 N–H and O–H groups in total. The Morgan fingerprint density at radius 3 is 2.42 bits per heavy atom. The molecule has 0 spiro atoms. The van der Waals surface area contributed by atoms with Gasteiger partial charge in [-0.3, -0.25) is 0 Å². The molecule has 0 fully saturated rings. The summed E-state index contributed by atoms with van der Waals surface area (Å²) in [5.74, 6) is 0.357. The van der Waals surface area contributed by atoms with E-state index in [1.807, 2.05) is 0 Å². The number of aryl methyl sites for hydroxylation is 1. The van der Waals surface area contributed by atoms with Crippen molar-refractivity contribution in [2.75, 3.05) is 0 Å². The van der Waals surface area contributed by atoms with E-state index < -0.39 is 0 Å². The molecule has 1 nitrogen and oxygen atoms in total. The topological polar surface area (TPSA) is 23.8 Å². The molecule has 0 saturated carbocycles. The zero-order valence-electron chi connectivity index (χ0n) is 7.54. The second kappa shape index (κ2) is 3.92. The summed E-state index contributed by atoms with van der Waals surface area (Å²) in [5.41, 5.74) is 2.52. The normalized spacial score (nSPS) is 12.1. The van der Waals surface area contributed by atoms with E-state index in [0.29, 0.717) is 12.3 Å². The van der Waals surface area contributed by atoms with Gasteiger partial charge in [0.05, 0.1) is 6.07 Å². The molecule has 0 aliphatic heterocycles. The van der Waals surface area contributed by atoms with Gasteiger partial charge in [-0.1, -0.05) is 36.8 Å². The molecule has 0 bridgehead atoms. The monoisotopic (exact) mass is 159 g/mol. The molecule has 1 heteroatoms. The van der Waals surface area contributed by atoms with Crippen LogP contribution in [0, 0.1) is 18.3 Å². The molecule has 62 valence electrons. The zero-order chi connectivity index (χ0) is 8.97. The Bertz CT molecular complexity index is 279. The minimum Gasteiger partial charge on any atom is -0.198 e. The van der Waals surface area contributed by atoms with Crippen molar-refractivity contribution in [2.24, 2.45) is 0 Å². The third kappa shape index (κ3) is 2.10. The molecule has 12 heavy (non-hydrogen) atoms. The Balaban J connectivity index is 2.76. The molecule has 0 amide bonds. The minimum absolute atomic E-state index is 0.357. The van der Waals surface area contributed by atoms with Gasteiger partial charge in [-0.05, 0) is 18.4 Å². The van der Waals surface area contributed by atoms with Crippen LogP contribution in [0.3, 0.4) is 0 Å². The highest BCUT2D eigenvalue weighted by molar-refractivity contribution is 5.24. The molecular formula is C11H13N. The highest BCUT2D eigenvalue weighted by atomic mass is 14.2. The number of benzene rings is 1. The van der Waals surface area contributed by atoms with Crippen molar-refractivity contribution in [1.29, 1.82) is 5.26 Å². The predicted octanol–water partition coefficient (Wildman–Crippen LogP) is 3.01. The summed E-state index contributed by atoms with van der Waals surface area (Å²) in [5, 5.41) is 8.50. The van der Waals surface area contributed by atoms with Crippen molar-refractivity contribution in [3.8, 4) is 6.07 Å². The number of rotatable bonds is 2. The first-order valence-electron chi connectivity index (χ1n) is 4.17. The van der Waals surface area contributed by atoms with E-state index >= 15 is 0 Å². The van der Waals surface area contributed by atoms with Gasteiger partial charge >= 0.3 is 0 Å².